The third-order valence-corrected chi connectivity index (χ3v) is 8.49. The number of nitro groups is 1. The average Bonchev–Trinajstić information content (AvgIpc) is 3.39. The summed E-state index contributed by atoms with van der Waals surface area (Å²) in [6.07, 6.45) is -1.82. The molecule has 2 atom stereocenters. The predicted octanol–water partition coefficient (Wildman–Crippen LogP) is 5.03. The van der Waals surface area contributed by atoms with Gasteiger partial charge in [-0.25, -0.2) is 4.39 Å². The van der Waals surface area contributed by atoms with Crippen LogP contribution < -0.4 is 10.1 Å². The van der Waals surface area contributed by atoms with Gasteiger partial charge in [-0.15, -0.1) is 0 Å². The number of hydrogen-bond donors (Lipinski definition) is 1. The number of anilines is 1. The van der Waals surface area contributed by atoms with Gasteiger partial charge in [-0.05, 0) is 62.9 Å². The number of piperazine rings is 1. The van der Waals surface area contributed by atoms with Crippen molar-refractivity contribution >= 4 is 17.3 Å². The Hall–Kier alpha value is -3.45. The Bertz CT molecular complexity index is 1290. The first kappa shape index (κ1) is 30.0. The lowest BCUT2D eigenvalue weighted by atomic mass is 9.92. The second-order valence-electron chi connectivity index (χ2n) is 11.2. The maximum atomic E-state index is 13.6. The second kappa shape index (κ2) is 12.4. The maximum absolute atomic E-state index is 13.6. The van der Waals surface area contributed by atoms with E-state index in [0.717, 1.165) is 23.4 Å². The largest absolute Gasteiger partial charge is 0.488 e. The van der Waals surface area contributed by atoms with Gasteiger partial charge in [0.15, 0.2) is 0 Å². The number of carbonyl (C=O) groups excluding carboxylic acids is 1. The fourth-order valence-corrected chi connectivity index (χ4v) is 6.03. The van der Waals surface area contributed by atoms with Gasteiger partial charge in [-0.1, -0.05) is 0 Å². The van der Waals surface area contributed by atoms with Crippen LogP contribution >= 0.6 is 0 Å². The van der Waals surface area contributed by atoms with E-state index in [2.05, 4.69) is 17.1 Å². The van der Waals surface area contributed by atoms with Gasteiger partial charge in [0.25, 0.3) is 5.69 Å². The molecule has 2 aromatic carbocycles. The summed E-state index contributed by atoms with van der Waals surface area (Å²) in [6.45, 7) is 4.62. The van der Waals surface area contributed by atoms with Crippen LogP contribution in [0.25, 0.3) is 0 Å². The number of hydrogen-bond acceptors (Lipinski definition) is 7. The van der Waals surface area contributed by atoms with Crippen molar-refractivity contribution in [2.45, 2.75) is 69.5 Å². The number of fused-ring (bicyclic) bond motifs is 1. The summed E-state index contributed by atoms with van der Waals surface area (Å²) in [4.78, 5) is 26.8. The fourth-order valence-electron chi connectivity index (χ4n) is 6.03. The van der Waals surface area contributed by atoms with Gasteiger partial charge in [-0.2, -0.15) is 13.2 Å². The molecule has 2 aromatic rings. The number of rotatable bonds is 8. The van der Waals surface area contributed by atoms with Gasteiger partial charge in [0, 0.05) is 62.0 Å². The monoisotopic (exact) mass is 594 g/mol. The predicted molar refractivity (Wildman–Crippen MR) is 146 cm³/mol. The molecule has 1 amide bonds. The van der Waals surface area contributed by atoms with Crippen LogP contribution in [-0.4, -0.2) is 77.7 Å². The Morgan fingerprint density at radius 1 is 1.12 bits per heavy atom. The van der Waals surface area contributed by atoms with Crippen molar-refractivity contribution in [3.8, 4) is 5.75 Å². The second-order valence-corrected chi connectivity index (χ2v) is 11.2. The number of nitro benzene ring substituents is 1. The lowest BCUT2D eigenvalue weighted by molar-refractivity contribution is -0.388. The molecule has 1 aliphatic carbocycles. The van der Waals surface area contributed by atoms with Crippen LogP contribution in [0, 0.1) is 15.9 Å². The molecule has 2 heterocycles. The average molecular weight is 595 g/mol. The van der Waals surface area contributed by atoms with E-state index < -0.39 is 22.4 Å². The first-order valence-electron chi connectivity index (χ1n) is 14.2. The molecule has 9 nitrogen and oxygen atoms in total. The van der Waals surface area contributed by atoms with E-state index in [1.165, 1.54) is 18.2 Å². The van der Waals surface area contributed by atoms with Crippen LogP contribution in [0.4, 0.5) is 28.9 Å². The molecule has 1 saturated heterocycles. The fraction of sp³-hybridized carbons (Fsp3) is 0.552. The van der Waals surface area contributed by atoms with Crippen LogP contribution in [0.15, 0.2) is 36.4 Å². The van der Waals surface area contributed by atoms with E-state index in [-0.39, 0.29) is 48.3 Å². The molecule has 13 heteroatoms. The van der Waals surface area contributed by atoms with Crippen LogP contribution in [0.3, 0.4) is 0 Å². The summed E-state index contributed by atoms with van der Waals surface area (Å²) in [5, 5.41) is 14.0. The molecule has 2 unspecified atom stereocenters. The van der Waals surface area contributed by atoms with Crippen molar-refractivity contribution in [2.75, 3.05) is 38.1 Å². The number of amides is 1. The number of nitrogens with one attached hydrogen (secondary N) is 1. The van der Waals surface area contributed by atoms with Crippen LogP contribution in [-0.2, 0) is 22.1 Å². The van der Waals surface area contributed by atoms with Gasteiger partial charge < -0.3 is 19.7 Å². The molecule has 228 valence electrons. The molecule has 3 aliphatic rings. The summed E-state index contributed by atoms with van der Waals surface area (Å²) in [6, 6.07) is 7.54. The molecule has 1 saturated carbocycles. The number of alkyl halides is 3. The smallest absolute Gasteiger partial charge is 0.423 e. The number of benzene rings is 2. The zero-order valence-corrected chi connectivity index (χ0v) is 23.2. The lowest BCUT2D eigenvalue weighted by Gasteiger charge is -2.39. The molecular formula is C29H34F4N4O5. The molecule has 2 fully saturated rings. The summed E-state index contributed by atoms with van der Waals surface area (Å²) < 4.78 is 65.3. The number of nitrogens with zero attached hydrogens (tertiary/aromatic N) is 3. The highest BCUT2D eigenvalue weighted by atomic mass is 19.4. The molecule has 0 radical (unpaired) electrons. The van der Waals surface area contributed by atoms with Crippen molar-refractivity contribution < 1.29 is 36.8 Å². The minimum Gasteiger partial charge on any atom is -0.488 e. The molecular weight excluding hydrogens is 560 g/mol. The highest BCUT2D eigenvalue weighted by Crippen LogP contribution is 2.38. The molecule has 42 heavy (non-hydrogen) atoms. The van der Waals surface area contributed by atoms with Crippen molar-refractivity contribution in [2.24, 2.45) is 0 Å². The number of halogens is 4. The zero-order valence-electron chi connectivity index (χ0n) is 23.2. The van der Waals surface area contributed by atoms with Gasteiger partial charge in [0.2, 0.25) is 5.91 Å². The summed E-state index contributed by atoms with van der Waals surface area (Å²) >= 11 is 0. The molecule has 1 N–H and O–H groups in total. The minimum absolute atomic E-state index is 0.0256. The quantitative estimate of drug-likeness (QED) is 0.260. The van der Waals surface area contributed by atoms with E-state index in [4.69, 9.17) is 9.47 Å². The lowest BCUT2D eigenvalue weighted by Crippen LogP contribution is -2.55. The number of ether oxygens (including phenoxy) is 2. The van der Waals surface area contributed by atoms with Crippen LogP contribution in [0.5, 0.6) is 5.75 Å². The highest BCUT2D eigenvalue weighted by Gasteiger charge is 2.39. The number of carbonyl (C=O) groups is 1. The van der Waals surface area contributed by atoms with Gasteiger partial charge in [0.05, 0.1) is 11.0 Å². The highest BCUT2D eigenvalue weighted by molar-refractivity contribution is 5.77. The topological polar surface area (TPSA) is 97.2 Å². The third kappa shape index (κ3) is 6.95. The molecule has 5 rings (SSSR count). The van der Waals surface area contributed by atoms with E-state index in [0.29, 0.717) is 58.3 Å². The van der Waals surface area contributed by atoms with E-state index in [1.807, 2.05) is 0 Å². The third-order valence-electron chi connectivity index (χ3n) is 8.49. The molecule has 0 bridgehead atoms. The van der Waals surface area contributed by atoms with Crippen LogP contribution in [0.1, 0.15) is 43.7 Å². The first-order chi connectivity index (χ1) is 20.0. The summed E-state index contributed by atoms with van der Waals surface area (Å²) in [5.74, 6) is 0.383. The Morgan fingerprint density at radius 2 is 1.83 bits per heavy atom. The Kier molecular flexibility index (Phi) is 8.88. The van der Waals surface area contributed by atoms with Crippen LogP contribution in [0.2, 0.25) is 0 Å². The van der Waals surface area contributed by atoms with E-state index in [9.17, 15) is 32.5 Å². The maximum Gasteiger partial charge on any atom is 0.423 e. The zero-order chi connectivity index (χ0) is 30.0. The normalized spacial score (nSPS) is 23.6. The van der Waals surface area contributed by atoms with Gasteiger partial charge in [-0.3, -0.25) is 19.8 Å². The summed E-state index contributed by atoms with van der Waals surface area (Å²) in [7, 11) is 0. The molecule has 0 aromatic heterocycles. The van der Waals surface area contributed by atoms with Gasteiger partial charge in [0.1, 0.15) is 29.8 Å². The van der Waals surface area contributed by atoms with E-state index in [1.54, 1.807) is 11.0 Å². The summed E-state index contributed by atoms with van der Waals surface area (Å²) in [5.41, 5.74) is -1.20. The standard InChI is InChI=1S/C29H34F4N4O5/c1-18(27-15-19-14-20(30)2-9-26(19)42-27)35-10-12-36(13-11-35)28(38)17-41-23-6-3-21(4-7-23)34-22-5-8-25(37(39)40)24(16-22)29(31,32)33/h2,5,8-9,14,16,18,21,23,27,34H,3-4,6-7,10-13,15,17H2,1H3. The van der Waals surface area contributed by atoms with E-state index >= 15 is 0 Å². The Labute approximate surface area is 240 Å². The van der Waals surface area contributed by atoms with Gasteiger partial charge >= 0.3 is 6.18 Å². The molecule has 0 spiro atoms. The minimum atomic E-state index is -4.83. The SMILES string of the molecule is CC(C1Cc2cc(F)ccc2O1)N1CCN(C(=O)COC2CCC(Nc3ccc([N+](=O)[O-])c(C(F)(F)F)c3)CC2)CC1. The van der Waals surface area contributed by atoms with Crippen molar-refractivity contribution in [3.05, 3.63) is 63.5 Å². The Morgan fingerprint density at radius 3 is 2.50 bits per heavy atom. The Balaban J connectivity index is 1.02. The van der Waals surface area contributed by atoms with Crippen molar-refractivity contribution in [1.82, 2.24) is 9.80 Å². The van der Waals surface area contributed by atoms with Crippen molar-refractivity contribution in [1.29, 1.82) is 0 Å². The van der Waals surface area contributed by atoms with Crippen molar-refractivity contribution in [3.63, 3.8) is 0 Å². The molecule has 2 aliphatic heterocycles. The first-order valence-corrected chi connectivity index (χ1v) is 14.2.